The van der Waals surface area contributed by atoms with Gasteiger partial charge in [0, 0.05) is 64.5 Å². The fraction of sp³-hybridized carbons (Fsp3) is 0.692. The van der Waals surface area contributed by atoms with Crippen LogP contribution in [-0.2, 0) is 9.59 Å². The lowest BCUT2D eigenvalue weighted by Gasteiger charge is -2.36. The first kappa shape index (κ1) is 24.9. The molecule has 0 aromatic heterocycles. The number of hydrogen-bond acceptors (Lipinski definition) is 5. The number of halogens is 1. The lowest BCUT2D eigenvalue weighted by Crippen LogP contribution is -2.47. The van der Waals surface area contributed by atoms with Crippen molar-refractivity contribution in [3.63, 3.8) is 0 Å². The summed E-state index contributed by atoms with van der Waals surface area (Å²) in [5.74, 6) is 0.557. The van der Waals surface area contributed by atoms with Crippen molar-refractivity contribution in [2.24, 2.45) is 17.3 Å². The topological polar surface area (TPSA) is 67.9 Å². The highest BCUT2D eigenvalue weighted by molar-refractivity contribution is 5.85. The summed E-state index contributed by atoms with van der Waals surface area (Å²) in [5.41, 5.74) is 1.05. The molecule has 188 valence electrons. The number of nitrogens with one attached hydrogen (secondary N) is 2. The molecule has 4 rings (SSSR count). The van der Waals surface area contributed by atoms with Crippen molar-refractivity contribution in [2.75, 3.05) is 64.3 Å². The van der Waals surface area contributed by atoms with Gasteiger partial charge in [0.15, 0.2) is 0 Å². The molecule has 1 spiro atoms. The number of carbonyl (C=O) groups excluding carboxylic acids is 2. The van der Waals surface area contributed by atoms with Crippen LogP contribution in [0.15, 0.2) is 24.3 Å². The minimum absolute atomic E-state index is 0.0210. The molecule has 1 saturated carbocycles. The summed E-state index contributed by atoms with van der Waals surface area (Å²) < 4.78 is 13.1. The van der Waals surface area contributed by atoms with E-state index in [4.69, 9.17) is 0 Å². The maximum absolute atomic E-state index is 13.1. The third-order valence-electron chi connectivity index (χ3n) is 7.73. The van der Waals surface area contributed by atoms with E-state index in [0.717, 1.165) is 70.8 Å². The van der Waals surface area contributed by atoms with Crippen LogP contribution < -0.4 is 15.5 Å². The molecular weight excluding hydrogens is 433 g/mol. The van der Waals surface area contributed by atoms with Gasteiger partial charge >= 0.3 is 0 Å². The Balaban J connectivity index is 1.16. The van der Waals surface area contributed by atoms with Crippen molar-refractivity contribution < 1.29 is 14.0 Å². The van der Waals surface area contributed by atoms with Gasteiger partial charge in [-0.25, -0.2) is 4.39 Å². The van der Waals surface area contributed by atoms with Crippen LogP contribution in [0.2, 0.25) is 0 Å². The summed E-state index contributed by atoms with van der Waals surface area (Å²) in [6.45, 7) is 11.6. The van der Waals surface area contributed by atoms with Crippen molar-refractivity contribution in [3.8, 4) is 0 Å². The van der Waals surface area contributed by atoms with Gasteiger partial charge < -0.3 is 15.5 Å². The van der Waals surface area contributed by atoms with Gasteiger partial charge in [-0.2, -0.15) is 0 Å². The monoisotopic (exact) mass is 473 g/mol. The molecule has 0 bridgehead atoms. The van der Waals surface area contributed by atoms with Gasteiger partial charge in [0.25, 0.3) is 0 Å². The Bertz CT molecular complexity index is 855. The Morgan fingerprint density at radius 2 is 1.79 bits per heavy atom. The molecule has 2 amide bonds. The zero-order chi connectivity index (χ0) is 24.3. The first-order valence-electron chi connectivity index (χ1n) is 12.8. The molecular formula is C26H40FN5O2. The summed E-state index contributed by atoms with van der Waals surface area (Å²) in [7, 11) is 1.70. The number of rotatable bonds is 9. The SMILES string of the molecule is CNC(=O)[C@@H]1C[C@@]2(C[C@@H]2C(=O)NCCCN2CCN(c3ccc(F)cc3)CC2)CN1CC(C)C. The van der Waals surface area contributed by atoms with E-state index in [0.29, 0.717) is 12.5 Å². The van der Waals surface area contributed by atoms with Crippen molar-refractivity contribution in [1.29, 1.82) is 0 Å². The van der Waals surface area contributed by atoms with Gasteiger partial charge in [-0.15, -0.1) is 0 Å². The van der Waals surface area contributed by atoms with Gasteiger partial charge in [0.05, 0.1) is 6.04 Å². The third-order valence-corrected chi connectivity index (χ3v) is 7.73. The molecule has 3 aliphatic rings. The maximum atomic E-state index is 13.1. The molecule has 1 aliphatic carbocycles. The van der Waals surface area contributed by atoms with E-state index in [-0.39, 0.29) is 35.0 Å². The number of likely N-dealkylation sites (tertiary alicyclic amines) is 1. The van der Waals surface area contributed by atoms with E-state index in [2.05, 4.69) is 39.2 Å². The minimum atomic E-state index is -0.200. The first-order valence-corrected chi connectivity index (χ1v) is 12.8. The second kappa shape index (κ2) is 10.6. The Morgan fingerprint density at radius 1 is 1.09 bits per heavy atom. The molecule has 34 heavy (non-hydrogen) atoms. The number of nitrogens with zero attached hydrogens (tertiary/aromatic N) is 3. The molecule has 1 aromatic rings. The Kier molecular flexibility index (Phi) is 7.77. The van der Waals surface area contributed by atoms with Crippen LogP contribution in [0.5, 0.6) is 0 Å². The molecule has 3 fully saturated rings. The average Bonchev–Trinajstić information content (AvgIpc) is 3.41. The largest absolute Gasteiger partial charge is 0.369 e. The smallest absolute Gasteiger partial charge is 0.237 e. The van der Waals surface area contributed by atoms with Gasteiger partial charge in [-0.1, -0.05) is 13.8 Å². The van der Waals surface area contributed by atoms with Crippen LogP contribution in [0.25, 0.3) is 0 Å². The second-order valence-electron chi connectivity index (χ2n) is 10.7. The maximum Gasteiger partial charge on any atom is 0.237 e. The van der Waals surface area contributed by atoms with Gasteiger partial charge in [-0.3, -0.25) is 19.4 Å². The lowest BCUT2D eigenvalue weighted by molar-refractivity contribution is -0.125. The normalized spacial score (nSPS) is 27.4. The van der Waals surface area contributed by atoms with Crippen LogP contribution in [-0.4, -0.2) is 87.1 Å². The number of piperazine rings is 1. The van der Waals surface area contributed by atoms with Crippen LogP contribution in [0.1, 0.15) is 33.1 Å². The molecule has 3 atom stereocenters. The van der Waals surface area contributed by atoms with Crippen LogP contribution in [0, 0.1) is 23.1 Å². The summed E-state index contributed by atoms with van der Waals surface area (Å²) in [6, 6.07) is 6.60. The van der Waals surface area contributed by atoms with E-state index < -0.39 is 0 Å². The summed E-state index contributed by atoms with van der Waals surface area (Å²) in [6.07, 6.45) is 2.62. The fourth-order valence-corrected chi connectivity index (χ4v) is 5.82. The van der Waals surface area contributed by atoms with E-state index in [1.807, 2.05) is 12.1 Å². The molecule has 2 aliphatic heterocycles. The van der Waals surface area contributed by atoms with Crippen LogP contribution >= 0.6 is 0 Å². The highest BCUT2D eigenvalue weighted by atomic mass is 19.1. The summed E-state index contributed by atoms with van der Waals surface area (Å²) in [5, 5.41) is 5.96. The molecule has 2 saturated heterocycles. The number of anilines is 1. The van der Waals surface area contributed by atoms with Gasteiger partial charge in [0.2, 0.25) is 11.8 Å². The Morgan fingerprint density at radius 3 is 2.44 bits per heavy atom. The van der Waals surface area contributed by atoms with Crippen molar-refractivity contribution in [3.05, 3.63) is 30.1 Å². The predicted octanol–water partition coefficient (Wildman–Crippen LogP) is 1.94. The van der Waals surface area contributed by atoms with E-state index >= 15 is 0 Å². The zero-order valence-corrected chi connectivity index (χ0v) is 20.9. The molecule has 2 N–H and O–H groups in total. The number of hydrogen-bond donors (Lipinski definition) is 2. The predicted molar refractivity (Wildman–Crippen MR) is 132 cm³/mol. The summed E-state index contributed by atoms with van der Waals surface area (Å²) in [4.78, 5) is 32.2. The molecule has 0 unspecified atom stereocenters. The average molecular weight is 474 g/mol. The first-order chi connectivity index (χ1) is 16.3. The van der Waals surface area contributed by atoms with Crippen molar-refractivity contribution in [2.45, 2.75) is 39.2 Å². The van der Waals surface area contributed by atoms with E-state index in [9.17, 15) is 14.0 Å². The third kappa shape index (κ3) is 5.71. The lowest BCUT2D eigenvalue weighted by atomic mass is 9.99. The van der Waals surface area contributed by atoms with Crippen LogP contribution in [0.4, 0.5) is 10.1 Å². The quantitative estimate of drug-likeness (QED) is 0.537. The zero-order valence-electron chi connectivity index (χ0n) is 20.9. The van der Waals surface area contributed by atoms with Crippen molar-refractivity contribution in [1.82, 2.24) is 20.4 Å². The molecule has 1 aromatic carbocycles. The molecule has 7 nitrogen and oxygen atoms in total. The number of carbonyl (C=O) groups is 2. The Hall–Kier alpha value is -2.19. The highest BCUT2D eigenvalue weighted by Gasteiger charge is 2.63. The fourth-order valence-electron chi connectivity index (χ4n) is 5.82. The summed E-state index contributed by atoms with van der Waals surface area (Å²) >= 11 is 0. The minimum Gasteiger partial charge on any atom is -0.369 e. The molecule has 8 heteroatoms. The van der Waals surface area contributed by atoms with Gasteiger partial charge in [-0.05, 0) is 61.4 Å². The second-order valence-corrected chi connectivity index (χ2v) is 10.7. The standard InChI is InChI=1S/C26H40FN5O2/c1-19(2)17-32-18-26(16-23(32)25(34)28-3)15-22(26)24(33)29-9-4-10-30-11-13-31(14-12-30)21-7-5-20(27)6-8-21/h5-8,19,22-23H,4,9-18H2,1-3H3,(H,28,34)(H,29,33)/t22-,23+,26+/m1/s1. The molecule has 2 heterocycles. The number of benzene rings is 1. The van der Waals surface area contributed by atoms with Crippen molar-refractivity contribution >= 4 is 17.5 Å². The van der Waals surface area contributed by atoms with Crippen LogP contribution in [0.3, 0.4) is 0 Å². The highest BCUT2D eigenvalue weighted by Crippen LogP contribution is 2.60. The number of amides is 2. The Labute approximate surface area is 203 Å². The number of likely N-dealkylation sites (N-methyl/N-ethyl adjacent to an activating group) is 1. The van der Waals surface area contributed by atoms with Gasteiger partial charge in [0.1, 0.15) is 5.82 Å². The van der Waals surface area contributed by atoms with E-state index in [1.54, 1.807) is 7.05 Å². The van der Waals surface area contributed by atoms with E-state index in [1.165, 1.54) is 12.1 Å². The molecule has 0 radical (unpaired) electrons.